The van der Waals surface area contributed by atoms with E-state index in [1.54, 1.807) is 24.3 Å². The van der Waals surface area contributed by atoms with E-state index in [2.05, 4.69) is 17.5 Å². The molecule has 4 atom stereocenters. The van der Waals surface area contributed by atoms with Crippen molar-refractivity contribution in [3.63, 3.8) is 0 Å². The molecule has 2 fully saturated rings. The van der Waals surface area contributed by atoms with Crippen LogP contribution in [-0.4, -0.2) is 17.7 Å². The number of carbonyl (C=O) groups excluding carboxylic acids is 3. The number of rotatable bonds is 3. The first-order valence-electron chi connectivity index (χ1n) is 10.6. The van der Waals surface area contributed by atoms with E-state index in [1.165, 1.54) is 4.90 Å². The Labute approximate surface area is 179 Å². The number of imide groups is 1. The molecule has 1 heterocycles. The second-order valence-corrected chi connectivity index (χ2v) is 8.54. The summed E-state index contributed by atoms with van der Waals surface area (Å²) in [7, 11) is 0. The Morgan fingerprint density at radius 2 is 1.45 bits per heavy atom. The van der Waals surface area contributed by atoms with Crippen LogP contribution in [0.15, 0.2) is 78.9 Å². The van der Waals surface area contributed by atoms with Gasteiger partial charge < -0.3 is 5.32 Å². The quantitative estimate of drug-likeness (QED) is 0.516. The van der Waals surface area contributed by atoms with Gasteiger partial charge in [0, 0.05) is 16.6 Å². The molecule has 2 bridgehead atoms. The Morgan fingerprint density at radius 1 is 0.806 bits per heavy atom. The van der Waals surface area contributed by atoms with Gasteiger partial charge in [-0.2, -0.15) is 0 Å². The van der Waals surface area contributed by atoms with Crippen LogP contribution in [0.2, 0.25) is 0 Å². The van der Waals surface area contributed by atoms with Crippen LogP contribution in [0, 0.1) is 23.7 Å². The van der Waals surface area contributed by atoms with Gasteiger partial charge in [0.15, 0.2) is 0 Å². The van der Waals surface area contributed by atoms with Crippen molar-refractivity contribution in [2.45, 2.75) is 6.42 Å². The van der Waals surface area contributed by atoms with E-state index < -0.39 is 0 Å². The number of allylic oxidation sites excluding steroid dienone is 2. The summed E-state index contributed by atoms with van der Waals surface area (Å²) in [6.07, 6.45) is 5.08. The molecular formula is C26H20N2O3. The zero-order valence-electron chi connectivity index (χ0n) is 16.7. The number of fused-ring (bicyclic) bond motifs is 6. The van der Waals surface area contributed by atoms with Gasteiger partial charge in [-0.25, -0.2) is 0 Å². The molecule has 3 amide bonds. The first kappa shape index (κ1) is 18.1. The lowest BCUT2D eigenvalue weighted by molar-refractivity contribution is -0.123. The maximum atomic E-state index is 13.0. The van der Waals surface area contributed by atoms with Crippen molar-refractivity contribution >= 4 is 39.9 Å². The first-order valence-corrected chi connectivity index (χ1v) is 10.6. The van der Waals surface area contributed by atoms with Gasteiger partial charge in [-0.15, -0.1) is 0 Å². The Morgan fingerprint density at radius 3 is 2.16 bits per heavy atom. The molecule has 3 aliphatic rings. The van der Waals surface area contributed by atoms with Crippen molar-refractivity contribution in [3.05, 3.63) is 84.4 Å². The van der Waals surface area contributed by atoms with Crippen LogP contribution in [0.1, 0.15) is 16.8 Å². The predicted molar refractivity (Wildman–Crippen MR) is 119 cm³/mol. The van der Waals surface area contributed by atoms with Crippen LogP contribution in [0.3, 0.4) is 0 Å². The molecule has 0 aromatic heterocycles. The lowest BCUT2D eigenvalue weighted by atomic mass is 9.85. The largest absolute Gasteiger partial charge is 0.321 e. The molecule has 1 saturated heterocycles. The van der Waals surface area contributed by atoms with Gasteiger partial charge in [-0.3, -0.25) is 19.3 Å². The molecule has 5 nitrogen and oxygen atoms in total. The third kappa shape index (κ3) is 2.66. The molecule has 3 aromatic carbocycles. The van der Waals surface area contributed by atoms with Gasteiger partial charge in [-0.1, -0.05) is 48.6 Å². The minimum absolute atomic E-state index is 0.111. The summed E-state index contributed by atoms with van der Waals surface area (Å²) < 4.78 is 0. The fourth-order valence-electron chi connectivity index (χ4n) is 5.45. The number of anilines is 2. The predicted octanol–water partition coefficient (Wildman–Crippen LogP) is 4.40. The summed E-state index contributed by atoms with van der Waals surface area (Å²) in [5.74, 6) is -0.543. The average Bonchev–Trinajstić information content (AvgIpc) is 3.48. The molecule has 1 N–H and O–H groups in total. The highest BCUT2D eigenvalue weighted by Gasteiger charge is 2.59. The highest BCUT2D eigenvalue weighted by Crippen LogP contribution is 2.53. The second kappa shape index (κ2) is 6.64. The summed E-state index contributed by atoms with van der Waals surface area (Å²) in [5.41, 5.74) is 1.75. The van der Waals surface area contributed by atoms with Gasteiger partial charge in [0.1, 0.15) is 0 Å². The third-order valence-corrected chi connectivity index (χ3v) is 6.90. The Balaban J connectivity index is 1.24. The molecule has 5 heteroatoms. The van der Waals surface area contributed by atoms with Crippen molar-refractivity contribution in [2.75, 3.05) is 10.2 Å². The monoisotopic (exact) mass is 408 g/mol. The molecular weight excluding hydrogens is 388 g/mol. The number of hydrogen-bond acceptors (Lipinski definition) is 3. The van der Waals surface area contributed by atoms with Gasteiger partial charge in [0.05, 0.1) is 17.5 Å². The molecule has 0 unspecified atom stereocenters. The summed E-state index contributed by atoms with van der Waals surface area (Å²) in [4.78, 5) is 40.0. The van der Waals surface area contributed by atoms with Crippen molar-refractivity contribution < 1.29 is 14.4 Å². The van der Waals surface area contributed by atoms with E-state index >= 15 is 0 Å². The van der Waals surface area contributed by atoms with Gasteiger partial charge in [0.25, 0.3) is 5.91 Å². The second-order valence-electron chi connectivity index (χ2n) is 8.54. The molecule has 0 radical (unpaired) electrons. The fraction of sp³-hybridized carbons (Fsp3) is 0.192. The number of hydrogen-bond donors (Lipinski definition) is 1. The highest BCUT2D eigenvalue weighted by molar-refractivity contribution is 6.23. The molecule has 6 rings (SSSR count). The molecule has 1 saturated carbocycles. The van der Waals surface area contributed by atoms with Crippen LogP contribution >= 0.6 is 0 Å². The SMILES string of the molecule is O=C(Nc1cccc2ccccc12)c1ccc(N2C(=O)[C@H]3[C@H](C2=O)[C@H]2C=C[C@@H]3C2)cc1. The number of nitrogens with one attached hydrogen (secondary N) is 1. The lowest BCUT2D eigenvalue weighted by Gasteiger charge is -2.17. The van der Waals surface area contributed by atoms with Crippen molar-refractivity contribution in [1.82, 2.24) is 0 Å². The Bertz CT molecular complexity index is 1240. The Hall–Kier alpha value is -3.73. The maximum absolute atomic E-state index is 13.0. The van der Waals surface area contributed by atoms with E-state index in [0.29, 0.717) is 11.3 Å². The average molecular weight is 408 g/mol. The van der Waals surface area contributed by atoms with E-state index in [0.717, 1.165) is 22.9 Å². The van der Waals surface area contributed by atoms with Crippen molar-refractivity contribution in [1.29, 1.82) is 0 Å². The number of amides is 3. The first-order chi connectivity index (χ1) is 15.1. The number of carbonyl (C=O) groups is 3. The zero-order valence-corrected chi connectivity index (χ0v) is 16.7. The van der Waals surface area contributed by atoms with Gasteiger partial charge in [0.2, 0.25) is 11.8 Å². The number of nitrogens with zero attached hydrogens (tertiary/aromatic N) is 1. The fourth-order valence-corrected chi connectivity index (χ4v) is 5.45. The van der Waals surface area contributed by atoms with E-state index in [9.17, 15) is 14.4 Å². The van der Waals surface area contributed by atoms with Gasteiger partial charge in [-0.05, 0) is 54.0 Å². The van der Waals surface area contributed by atoms with Crippen molar-refractivity contribution in [2.24, 2.45) is 23.7 Å². The zero-order chi connectivity index (χ0) is 21.1. The summed E-state index contributed by atoms with van der Waals surface area (Å²) in [5, 5.41) is 4.99. The maximum Gasteiger partial charge on any atom is 0.255 e. The topological polar surface area (TPSA) is 66.5 Å². The third-order valence-electron chi connectivity index (χ3n) is 6.90. The summed E-state index contributed by atoms with van der Waals surface area (Å²) in [6, 6.07) is 20.3. The summed E-state index contributed by atoms with van der Waals surface area (Å²) >= 11 is 0. The molecule has 2 aliphatic carbocycles. The molecule has 31 heavy (non-hydrogen) atoms. The van der Waals surface area contributed by atoms with E-state index in [4.69, 9.17) is 0 Å². The standard InChI is InChI=1S/C26H20N2O3/c29-24(27-21-7-3-5-15-4-1-2-6-20(15)21)16-10-12-19(13-11-16)28-25(30)22-17-8-9-18(14-17)23(22)26(28)31/h1-13,17-18,22-23H,14H2,(H,27,29)/t17-,18+,22-,23-/m1/s1. The van der Waals surface area contributed by atoms with E-state index in [-0.39, 0.29) is 41.4 Å². The normalized spacial score (nSPS) is 26.0. The molecule has 0 spiro atoms. The molecule has 152 valence electrons. The lowest BCUT2D eigenvalue weighted by Crippen LogP contribution is -2.32. The van der Waals surface area contributed by atoms with Crippen LogP contribution in [0.5, 0.6) is 0 Å². The molecule has 1 aliphatic heterocycles. The van der Waals surface area contributed by atoms with Crippen LogP contribution in [0.4, 0.5) is 11.4 Å². The number of benzene rings is 3. The molecule has 3 aromatic rings. The smallest absolute Gasteiger partial charge is 0.255 e. The highest BCUT2D eigenvalue weighted by atomic mass is 16.2. The van der Waals surface area contributed by atoms with Crippen LogP contribution in [-0.2, 0) is 9.59 Å². The Kier molecular flexibility index (Phi) is 3.87. The summed E-state index contributed by atoms with van der Waals surface area (Å²) in [6.45, 7) is 0. The van der Waals surface area contributed by atoms with Crippen LogP contribution in [0.25, 0.3) is 10.8 Å². The van der Waals surface area contributed by atoms with Crippen LogP contribution < -0.4 is 10.2 Å². The minimum Gasteiger partial charge on any atom is -0.321 e. The minimum atomic E-state index is -0.235. The van der Waals surface area contributed by atoms with Gasteiger partial charge >= 0.3 is 0 Å². The van der Waals surface area contributed by atoms with E-state index in [1.807, 2.05) is 42.5 Å². The van der Waals surface area contributed by atoms with Crippen molar-refractivity contribution in [3.8, 4) is 0 Å².